The van der Waals surface area contributed by atoms with Crippen molar-refractivity contribution in [3.8, 4) is 0 Å². The summed E-state index contributed by atoms with van der Waals surface area (Å²) in [5.74, 6) is -0.0924. The van der Waals surface area contributed by atoms with Crippen LogP contribution in [0.1, 0.15) is 25.7 Å². The molecule has 5 heteroatoms. The van der Waals surface area contributed by atoms with E-state index in [1.165, 1.54) is 0 Å². The van der Waals surface area contributed by atoms with E-state index in [2.05, 4.69) is 18.0 Å². The van der Waals surface area contributed by atoms with Crippen molar-refractivity contribution in [1.82, 2.24) is 0 Å². The highest BCUT2D eigenvalue weighted by molar-refractivity contribution is 5.73. The summed E-state index contributed by atoms with van der Waals surface area (Å²) >= 11 is 0. The lowest BCUT2D eigenvalue weighted by Gasteiger charge is -2.27. The summed E-state index contributed by atoms with van der Waals surface area (Å²) in [5.41, 5.74) is 0. The quantitative estimate of drug-likeness (QED) is 0.268. The zero-order valence-corrected chi connectivity index (χ0v) is 12.7. The van der Waals surface area contributed by atoms with Gasteiger partial charge in [0.25, 0.3) is 0 Å². The first-order valence-electron chi connectivity index (χ1n) is 8.05. The highest BCUT2D eigenvalue weighted by Gasteiger charge is 2.48. The molecule has 3 rings (SSSR count). The molecule has 7 atom stereocenters. The Morgan fingerprint density at radius 1 is 1.18 bits per heavy atom. The van der Waals surface area contributed by atoms with Gasteiger partial charge in [0.2, 0.25) is 0 Å². The molecule has 1 aliphatic heterocycles. The molecular formula is C17H24O5. The third-order valence-electron chi connectivity index (χ3n) is 5.40. The van der Waals surface area contributed by atoms with Gasteiger partial charge in [0, 0.05) is 11.8 Å². The van der Waals surface area contributed by atoms with Crippen LogP contribution in [-0.2, 0) is 19.2 Å². The van der Waals surface area contributed by atoms with Gasteiger partial charge in [-0.1, -0.05) is 12.2 Å². The summed E-state index contributed by atoms with van der Waals surface area (Å²) in [7, 11) is 0. The largest absolute Gasteiger partial charge is 0.461 e. The van der Waals surface area contributed by atoms with Gasteiger partial charge in [0.15, 0.2) is 0 Å². The highest BCUT2D eigenvalue weighted by Crippen LogP contribution is 2.43. The second-order valence-electron chi connectivity index (χ2n) is 6.62. The zero-order chi connectivity index (χ0) is 15.7. The SMILES string of the molecule is C=CC1CC(C=C)C(OC(=O)C2CCC3OC3C2)C1COO. The normalized spacial score (nSPS) is 43.2. The van der Waals surface area contributed by atoms with Crippen molar-refractivity contribution < 1.29 is 24.4 Å². The monoisotopic (exact) mass is 308 g/mol. The van der Waals surface area contributed by atoms with E-state index in [4.69, 9.17) is 14.7 Å². The van der Waals surface area contributed by atoms with Gasteiger partial charge >= 0.3 is 5.97 Å². The fourth-order valence-electron chi connectivity index (χ4n) is 4.01. The summed E-state index contributed by atoms with van der Waals surface area (Å²) < 4.78 is 11.3. The minimum Gasteiger partial charge on any atom is -0.461 e. The molecule has 7 unspecified atom stereocenters. The summed E-state index contributed by atoms with van der Waals surface area (Å²) in [4.78, 5) is 16.8. The number of ether oxygens (including phenoxy) is 2. The average Bonchev–Trinajstić information content (AvgIpc) is 3.24. The van der Waals surface area contributed by atoms with Crippen LogP contribution in [0.2, 0.25) is 0 Å². The van der Waals surface area contributed by atoms with E-state index in [9.17, 15) is 4.79 Å². The number of esters is 1. The maximum atomic E-state index is 12.5. The van der Waals surface area contributed by atoms with E-state index in [0.29, 0.717) is 6.10 Å². The summed E-state index contributed by atoms with van der Waals surface area (Å²) in [6, 6.07) is 0. The number of hydrogen-bond acceptors (Lipinski definition) is 5. The van der Waals surface area contributed by atoms with Crippen LogP contribution in [-0.4, -0.2) is 36.1 Å². The second-order valence-corrected chi connectivity index (χ2v) is 6.62. The standard InChI is InChI=1S/C17H24O5/c1-3-10-7-11(4-2)16(13(10)9-20-19)22-17(18)12-5-6-14-15(8-12)21-14/h3-4,10-16,19H,1-2,5-9H2. The lowest BCUT2D eigenvalue weighted by Crippen LogP contribution is -2.35. The van der Waals surface area contributed by atoms with E-state index < -0.39 is 0 Å². The minimum atomic E-state index is -0.307. The summed E-state index contributed by atoms with van der Waals surface area (Å²) in [6.45, 7) is 7.82. The van der Waals surface area contributed by atoms with Crippen LogP contribution in [0.4, 0.5) is 0 Å². The number of fused-ring (bicyclic) bond motifs is 1. The molecule has 1 N–H and O–H groups in total. The first-order valence-corrected chi connectivity index (χ1v) is 8.05. The van der Waals surface area contributed by atoms with Crippen LogP contribution in [0.5, 0.6) is 0 Å². The average molecular weight is 308 g/mol. The summed E-state index contributed by atoms with van der Waals surface area (Å²) in [6.07, 6.45) is 7.34. The number of hydrogen-bond donors (Lipinski definition) is 1. The Kier molecular flexibility index (Phi) is 4.66. The molecular weight excluding hydrogens is 284 g/mol. The maximum absolute atomic E-state index is 12.5. The van der Waals surface area contributed by atoms with Crippen LogP contribution in [0, 0.1) is 23.7 Å². The molecule has 3 fully saturated rings. The molecule has 22 heavy (non-hydrogen) atoms. The van der Waals surface area contributed by atoms with Gasteiger partial charge in [0.1, 0.15) is 6.10 Å². The molecule has 0 aromatic heterocycles. The Bertz CT molecular complexity index is 448. The van der Waals surface area contributed by atoms with Crippen LogP contribution in [0.15, 0.2) is 25.3 Å². The Morgan fingerprint density at radius 3 is 2.59 bits per heavy atom. The predicted molar refractivity (Wildman–Crippen MR) is 79.9 cm³/mol. The molecule has 3 aliphatic rings. The van der Waals surface area contributed by atoms with Gasteiger partial charge in [0.05, 0.1) is 24.7 Å². The lowest BCUT2D eigenvalue weighted by atomic mass is 9.89. The van der Waals surface area contributed by atoms with Crippen LogP contribution < -0.4 is 0 Å². The molecule has 1 heterocycles. The topological polar surface area (TPSA) is 68.3 Å². The molecule has 0 spiro atoms. The third-order valence-corrected chi connectivity index (χ3v) is 5.40. The van der Waals surface area contributed by atoms with E-state index in [1.807, 2.05) is 12.2 Å². The third kappa shape index (κ3) is 2.98. The molecule has 1 saturated heterocycles. The maximum Gasteiger partial charge on any atom is 0.309 e. The first-order chi connectivity index (χ1) is 10.7. The second kappa shape index (κ2) is 6.52. The first kappa shape index (κ1) is 15.7. The van der Waals surface area contributed by atoms with Crippen molar-refractivity contribution in [1.29, 1.82) is 0 Å². The Hall–Kier alpha value is -1.17. The van der Waals surface area contributed by atoms with E-state index in [-0.39, 0.29) is 48.5 Å². The van der Waals surface area contributed by atoms with Crippen molar-refractivity contribution >= 4 is 5.97 Å². The van der Waals surface area contributed by atoms with E-state index >= 15 is 0 Å². The fourth-order valence-corrected chi connectivity index (χ4v) is 4.01. The number of allylic oxidation sites excluding steroid dienone is 1. The van der Waals surface area contributed by atoms with Crippen molar-refractivity contribution in [2.24, 2.45) is 23.7 Å². The van der Waals surface area contributed by atoms with Crippen molar-refractivity contribution in [2.75, 3.05) is 6.61 Å². The molecule has 0 amide bonds. The van der Waals surface area contributed by atoms with Crippen molar-refractivity contribution in [3.05, 3.63) is 25.3 Å². The smallest absolute Gasteiger partial charge is 0.309 e. The van der Waals surface area contributed by atoms with Crippen molar-refractivity contribution in [3.63, 3.8) is 0 Å². The van der Waals surface area contributed by atoms with E-state index in [1.54, 1.807) is 0 Å². The number of carbonyl (C=O) groups excluding carboxylic acids is 1. The van der Waals surface area contributed by atoms with Crippen LogP contribution >= 0.6 is 0 Å². The number of epoxide rings is 1. The molecule has 0 aromatic rings. The van der Waals surface area contributed by atoms with Gasteiger partial charge in [-0.15, -0.1) is 13.2 Å². The van der Waals surface area contributed by atoms with Gasteiger partial charge in [-0.3, -0.25) is 10.1 Å². The van der Waals surface area contributed by atoms with Gasteiger partial charge in [-0.2, -0.15) is 0 Å². The molecule has 0 aromatic carbocycles. The molecule has 2 saturated carbocycles. The van der Waals surface area contributed by atoms with Crippen LogP contribution in [0.3, 0.4) is 0 Å². The van der Waals surface area contributed by atoms with Gasteiger partial charge in [-0.05, 0) is 31.6 Å². The molecule has 0 bridgehead atoms. The Balaban J connectivity index is 1.65. The Morgan fingerprint density at radius 2 is 1.95 bits per heavy atom. The molecule has 5 nitrogen and oxygen atoms in total. The molecule has 2 aliphatic carbocycles. The number of rotatable bonds is 6. The predicted octanol–water partition coefficient (Wildman–Crippen LogP) is 2.58. The minimum absolute atomic E-state index is 0.0700. The highest BCUT2D eigenvalue weighted by atomic mass is 17.1. The van der Waals surface area contributed by atoms with Crippen molar-refractivity contribution in [2.45, 2.75) is 44.0 Å². The lowest BCUT2D eigenvalue weighted by molar-refractivity contribution is -0.257. The zero-order valence-electron chi connectivity index (χ0n) is 12.7. The van der Waals surface area contributed by atoms with Gasteiger partial charge in [-0.25, -0.2) is 4.89 Å². The number of carbonyl (C=O) groups is 1. The molecule has 122 valence electrons. The van der Waals surface area contributed by atoms with Crippen LogP contribution in [0.25, 0.3) is 0 Å². The fraction of sp³-hybridized carbons (Fsp3) is 0.706. The van der Waals surface area contributed by atoms with Gasteiger partial charge < -0.3 is 9.47 Å². The molecule has 0 radical (unpaired) electrons. The summed E-state index contributed by atoms with van der Waals surface area (Å²) in [5, 5.41) is 8.82. The van der Waals surface area contributed by atoms with E-state index in [0.717, 1.165) is 25.7 Å². The Labute approximate surface area is 130 Å².